The molecule has 3 aliphatic carbocycles. The maximum absolute atomic E-state index is 13.0. The molecule has 8 heteroatoms. The van der Waals surface area contributed by atoms with Crippen LogP contribution in [0.5, 0.6) is 5.75 Å². The van der Waals surface area contributed by atoms with E-state index in [1.807, 2.05) is 0 Å². The molecule has 1 unspecified atom stereocenters. The highest BCUT2D eigenvalue weighted by atomic mass is 16.3. The van der Waals surface area contributed by atoms with Gasteiger partial charge in [-0.3, -0.25) is 19.2 Å². The lowest BCUT2D eigenvalue weighted by molar-refractivity contribution is -0.152. The van der Waals surface area contributed by atoms with E-state index in [9.17, 15) is 34.5 Å². The number of ketones is 3. The van der Waals surface area contributed by atoms with Gasteiger partial charge in [0, 0.05) is 12.0 Å². The van der Waals surface area contributed by atoms with E-state index in [4.69, 9.17) is 5.73 Å². The van der Waals surface area contributed by atoms with Gasteiger partial charge in [0.2, 0.25) is 11.6 Å². The predicted octanol–water partition coefficient (Wildman–Crippen LogP) is 0.489. The van der Waals surface area contributed by atoms with Crippen LogP contribution in [0.4, 0.5) is 0 Å². The number of fused-ring (bicyclic) bond motifs is 2. The van der Waals surface area contributed by atoms with Crippen LogP contribution in [-0.4, -0.2) is 44.2 Å². The zero-order valence-corrected chi connectivity index (χ0v) is 14.5. The Kier molecular flexibility index (Phi) is 3.51. The molecule has 4 rings (SSSR count). The molecule has 8 nitrogen and oxygen atoms in total. The van der Waals surface area contributed by atoms with Gasteiger partial charge in [0.15, 0.2) is 11.5 Å². The fourth-order valence-electron chi connectivity index (χ4n) is 4.25. The van der Waals surface area contributed by atoms with E-state index >= 15 is 0 Å². The first-order valence-electron chi connectivity index (χ1n) is 8.42. The molecular weight excluding hydrogens is 366 g/mol. The third kappa shape index (κ3) is 2.03. The fraction of sp³-hybridized carbons (Fsp3) is 0.200. The molecule has 0 aromatic heterocycles. The van der Waals surface area contributed by atoms with Crippen LogP contribution >= 0.6 is 0 Å². The molecule has 3 aliphatic rings. The van der Waals surface area contributed by atoms with Crippen LogP contribution < -0.4 is 5.73 Å². The summed E-state index contributed by atoms with van der Waals surface area (Å²) in [5.41, 5.74) is 2.89. The highest BCUT2D eigenvalue weighted by Crippen LogP contribution is 2.51. The molecule has 28 heavy (non-hydrogen) atoms. The highest BCUT2D eigenvalue weighted by Gasteiger charge is 2.59. The van der Waals surface area contributed by atoms with Crippen LogP contribution in [0, 0.1) is 5.92 Å². The Morgan fingerprint density at radius 1 is 1.18 bits per heavy atom. The zero-order valence-electron chi connectivity index (χ0n) is 14.5. The molecule has 5 N–H and O–H groups in total. The van der Waals surface area contributed by atoms with Crippen LogP contribution in [0.3, 0.4) is 0 Å². The molecule has 0 saturated heterocycles. The van der Waals surface area contributed by atoms with Crippen LogP contribution in [0.15, 0.2) is 47.3 Å². The molecule has 0 spiro atoms. The van der Waals surface area contributed by atoms with Crippen LogP contribution in [0.1, 0.15) is 28.8 Å². The lowest BCUT2D eigenvalue weighted by atomic mass is 9.60. The number of phenolic OH excluding ortho intramolecular Hbond substituents is 1. The lowest BCUT2D eigenvalue weighted by Gasteiger charge is -2.43. The van der Waals surface area contributed by atoms with Crippen LogP contribution in [-0.2, 0) is 14.4 Å². The number of rotatable bonds is 1. The molecule has 142 valence electrons. The minimum atomic E-state index is -2.40. The zero-order chi connectivity index (χ0) is 20.5. The number of phenols is 1. The molecule has 0 heterocycles. The standard InChI is InChI=1S/C20H15NO7/c1-7-8-3-2-4-12(22)13(8)15(23)10-6-20(28)11(5-9(7)10)16(24)17(25)14(18(20)26)19(21)27/h2-4,11,22,25,28H,1,5-6H2,(H2,21,27)/t11-,20?/m0/s1. The second-order valence-electron chi connectivity index (χ2n) is 7.10. The normalized spacial score (nSPS) is 26.8. The summed E-state index contributed by atoms with van der Waals surface area (Å²) in [5, 5.41) is 31.1. The Bertz CT molecular complexity index is 1110. The van der Waals surface area contributed by atoms with Gasteiger partial charge in [-0.15, -0.1) is 0 Å². The molecule has 1 aromatic rings. The first-order chi connectivity index (χ1) is 13.1. The number of aliphatic hydroxyl groups is 2. The fourth-order valence-corrected chi connectivity index (χ4v) is 4.25. The number of Topliss-reactive ketones (excluding diaryl/α,β-unsaturated/α-hetero) is 3. The summed E-state index contributed by atoms with van der Waals surface area (Å²) < 4.78 is 0. The van der Waals surface area contributed by atoms with Crippen molar-refractivity contribution in [2.24, 2.45) is 11.7 Å². The largest absolute Gasteiger partial charge is 0.507 e. The Balaban J connectivity index is 1.89. The summed E-state index contributed by atoms with van der Waals surface area (Å²) in [5.74, 6) is -6.87. The number of carbonyl (C=O) groups excluding carboxylic acids is 4. The monoisotopic (exact) mass is 381 g/mol. The Labute approximate surface area is 158 Å². The van der Waals surface area contributed by atoms with E-state index in [-0.39, 0.29) is 23.3 Å². The molecule has 1 aromatic carbocycles. The summed E-state index contributed by atoms with van der Waals surface area (Å²) in [4.78, 5) is 49.8. The van der Waals surface area contributed by atoms with Crippen molar-refractivity contribution in [3.63, 3.8) is 0 Å². The summed E-state index contributed by atoms with van der Waals surface area (Å²) in [6, 6.07) is 4.47. The smallest absolute Gasteiger partial charge is 0.256 e. The van der Waals surface area contributed by atoms with Crippen molar-refractivity contribution in [1.82, 2.24) is 0 Å². The van der Waals surface area contributed by atoms with Crippen molar-refractivity contribution >= 4 is 28.8 Å². The number of amides is 1. The van der Waals surface area contributed by atoms with E-state index in [0.29, 0.717) is 16.7 Å². The molecule has 0 bridgehead atoms. The van der Waals surface area contributed by atoms with E-state index in [2.05, 4.69) is 6.58 Å². The van der Waals surface area contributed by atoms with Crippen molar-refractivity contribution in [2.75, 3.05) is 0 Å². The number of hydrogen-bond donors (Lipinski definition) is 4. The highest BCUT2D eigenvalue weighted by molar-refractivity contribution is 6.30. The van der Waals surface area contributed by atoms with Crippen LogP contribution in [0.2, 0.25) is 0 Å². The van der Waals surface area contributed by atoms with Gasteiger partial charge in [-0.2, -0.15) is 0 Å². The maximum atomic E-state index is 13.0. The third-order valence-corrected chi connectivity index (χ3v) is 5.68. The Hall–Kier alpha value is -3.52. The van der Waals surface area contributed by atoms with E-state index in [1.54, 1.807) is 12.1 Å². The van der Waals surface area contributed by atoms with Gasteiger partial charge in [-0.1, -0.05) is 18.7 Å². The first kappa shape index (κ1) is 17.9. The van der Waals surface area contributed by atoms with Gasteiger partial charge in [0.25, 0.3) is 5.91 Å². The second-order valence-corrected chi connectivity index (χ2v) is 7.10. The minimum absolute atomic E-state index is 0.00333. The molecule has 2 atom stereocenters. The number of carbonyl (C=O) groups is 4. The van der Waals surface area contributed by atoms with E-state index in [1.165, 1.54) is 6.07 Å². The summed E-state index contributed by atoms with van der Waals surface area (Å²) in [6.07, 6.45) is -0.792. The third-order valence-electron chi connectivity index (χ3n) is 5.68. The second kappa shape index (κ2) is 5.49. The Morgan fingerprint density at radius 3 is 2.50 bits per heavy atom. The lowest BCUT2D eigenvalue weighted by Crippen LogP contribution is -2.57. The van der Waals surface area contributed by atoms with Gasteiger partial charge in [-0.25, -0.2) is 0 Å². The van der Waals surface area contributed by atoms with Crippen molar-refractivity contribution in [2.45, 2.75) is 18.4 Å². The van der Waals surface area contributed by atoms with Gasteiger partial charge >= 0.3 is 0 Å². The minimum Gasteiger partial charge on any atom is -0.507 e. The first-order valence-corrected chi connectivity index (χ1v) is 8.42. The number of nitrogens with two attached hydrogens (primary N) is 1. The number of aromatic hydroxyl groups is 1. The number of allylic oxidation sites excluding steroid dienone is 3. The topological polar surface area (TPSA) is 155 Å². The van der Waals surface area contributed by atoms with Crippen molar-refractivity contribution in [3.8, 4) is 5.75 Å². The average Bonchev–Trinajstić information content (AvgIpc) is 2.63. The molecular formula is C20H15NO7. The van der Waals surface area contributed by atoms with E-state index < -0.39 is 52.5 Å². The Morgan fingerprint density at radius 2 is 1.86 bits per heavy atom. The molecule has 0 aliphatic heterocycles. The van der Waals surface area contributed by atoms with Gasteiger partial charge in [0.1, 0.15) is 16.9 Å². The van der Waals surface area contributed by atoms with Crippen LogP contribution in [0.25, 0.3) is 5.57 Å². The van der Waals surface area contributed by atoms with Crippen molar-refractivity contribution in [1.29, 1.82) is 0 Å². The summed E-state index contributed by atoms with van der Waals surface area (Å²) >= 11 is 0. The van der Waals surface area contributed by atoms with Gasteiger partial charge in [0.05, 0.1) is 11.5 Å². The SMILES string of the molecule is C=C1C2=C(CC3(O)C(=O)C(C(N)=O)=C(O)C(=O)[C@@H]3C2)C(=O)c2c(O)cccc21. The molecule has 0 saturated carbocycles. The maximum Gasteiger partial charge on any atom is 0.256 e. The van der Waals surface area contributed by atoms with E-state index in [0.717, 1.165) is 0 Å². The molecule has 1 amide bonds. The number of primary amides is 1. The molecule has 0 fully saturated rings. The van der Waals surface area contributed by atoms with Crippen molar-refractivity contribution < 1.29 is 34.5 Å². The van der Waals surface area contributed by atoms with Gasteiger partial charge in [-0.05, 0) is 29.2 Å². The van der Waals surface area contributed by atoms with Gasteiger partial charge < -0.3 is 21.1 Å². The predicted molar refractivity (Wildman–Crippen MR) is 95.0 cm³/mol. The number of benzene rings is 1. The summed E-state index contributed by atoms with van der Waals surface area (Å²) in [7, 11) is 0. The summed E-state index contributed by atoms with van der Waals surface area (Å²) in [6.45, 7) is 3.93. The van der Waals surface area contributed by atoms with Crippen molar-refractivity contribution in [3.05, 3.63) is 58.4 Å². The quantitative estimate of drug-likeness (QED) is 0.516. The number of aliphatic hydroxyl groups excluding tert-OH is 1. The molecule has 0 radical (unpaired) electrons. The average molecular weight is 381 g/mol. The number of hydrogen-bond acceptors (Lipinski definition) is 7.